The molecule has 1 unspecified atom stereocenters. The predicted octanol–water partition coefficient (Wildman–Crippen LogP) is 6.40. The Kier molecular flexibility index (Phi) is 7.55. The van der Waals surface area contributed by atoms with Crippen molar-refractivity contribution in [3.05, 3.63) is 71.6 Å². The molecule has 1 atom stereocenters. The standard InChI is InChI=1S/C24H31FO3Si/c1-18(28-29(5,6)24(2,3)4)22(26)15-13-20-12-14-21(25)16-23(20)27-17-19-10-8-7-9-11-19/h7-16,18H,17H2,1-6H3. The average Bonchev–Trinajstić information content (AvgIpc) is 2.64. The lowest BCUT2D eigenvalue weighted by Gasteiger charge is -2.37. The normalized spacial score (nSPS) is 13.5. The summed E-state index contributed by atoms with van der Waals surface area (Å²) in [6, 6.07) is 14.0. The number of halogens is 1. The van der Waals surface area contributed by atoms with Crippen molar-refractivity contribution in [2.75, 3.05) is 0 Å². The molecule has 0 bridgehead atoms. The third kappa shape index (κ3) is 6.65. The molecular weight excluding hydrogens is 383 g/mol. The lowest BCUT2D eigenvalue weighted by atomic mass is 10.1. The van der Waals surface area contributed by atoms with Gasteiger partial charge in [-0.3, -0.25) is 4.79 Å². The Labute approximate surface area is 174 Å². The van der Waals surface area contributed by atoms with Crippen molar-refractivity contribution in [2.24, 2.45) is 0 Å². The Morgan fingerprint density at radius 3 is 2.41 bits per heavy atom. The summed E-state index contributed by atoms with van der Waals surface area (Å²) in [4.78, 5) is 12.6. The molecule has 0 N–H and O–H groups in total. The van der Waals surface area contributed by atoms with Crippen LogP contribution in [0.1, 0.15) is 38.8 Å². The van der Waals surface area contributed by atoms with Crippen LogP contribution >= 0.6 is 0 Å². The van der Waals surface area contributed by atoms with Gasteiger partial charge in [0, 0.05) is 11.6 Å². The highest BCUT2D eigenvalue weighted by molar-refractivity contribution is 6.74. The zero-order valence-electron chi connectivity index (χ0n) is 18.2. The predicted molar refractivity (Wildman–Crippen MR) is 119 cm³/mol. The van der Waals surface area contributed by atoms with Crippen molar-refractivity contribution in [3.8, 4) is 5.75 Å². The maximum Gasteiger partial charge on any atom is 0.193 e. The number of rotatable bonds is 8. The quantitative estimate of drug-likeness (QED) is 0.370. The number of hydrogen-bond acceptors (Lipinski definition) is 3. The van der Waals surface area contributed by atoms with E-state index in [-0.39, 0.29) is 16.6 Å². The van der Waals surface area contributed by atoms with Gasteiger partial charge in [0.25, 0.3) is 0 Å². The second kappa shape index (κ2) is 9.50. The fourth-order valence-corrected chi connectivity index (χ4v) is 3.84. The second-order valence-corrected chi connectivity index (χ2v) is 13.5. The van der Waals surface area contributed by atoms with E-state index in [0.717, 1.165) is 5.56 Å². The molecule has 29 heavy (non-hydrogen) atoms. The molecule has 2 rings (SSSR count). The fraction of sp³-hybridized carbons (Fsp3) is 0.375. The van der Waals surface area contributed by atoms with Gasteiger partial charge >= 0.3 is 0 Å². The van der Waals surface area contributed by atoms with Crippen LogP contribution in [0.5, 0.6) is 5.75 Å². The first-order valence-corrected chi connectivity index (χ1v) is 12.8. The molecule has 5 heteroatoms. The first kappa shape index (κ1) is 23.0. The first-order chi connectivity index (χ1) is 13.5. The summed E-state index contributed by atoms with van der Waals surface area (Å²) < 4.78 is 25.7. The molecule has 0 aliphatic carbocycles. The van der Waals surface area contributed by atoms with Gasteiger partial charge in [-0.15, -0.1) is 0 Å². The van der Waals surface area contributed by atoms with E-state index in [1.165, 1.54) is 18.2 Å². The van der Waals surface area contributed by atoms with Crippen molar-refractivity contribution in [1.29, 1.82) is 0 Å². The Hall–Kier alpha value is -2.24. The molecule has 3 nitrogen and oxygen atoms in total. The molecule has 0 aliphatic heterocycles. The molecule has 0 saturated carbocycles. The summed E-state index contributed by atoms with van der Waals surface area (Å²) in [6.45, 7) is 12.8. The molecule has 0 aromatic heterocycles. The molecule has 2 aromatic rings. The minimum Gasteiger partial charge on any atom is -0.488 e. The maximum absolute atomic E-state index is 13.7. The van der Waals surface area contributed by atoms with Crippen LogP contribution in [0.2, 0.25) is 18.1 Å². The average molecular weight is 415 g/mol. The fourth-order valence-electron chi connectivity index (χ4n) is 2.49. The number of carbonyl (C=O) groups excluding carboxylic acids is 1. The van der Waals surface area contributed by atoms with Gasteiger partial charge in [0.2, 0.25) is 0 Å². The Balaban J connectivity index is 2.10. The summed E-state index contributed by atoms with van der Waals surface area (Å²) in [7, 11) is -2.04. The SMILES string of the molecule is CC(O[Si](C)(C)C(C)(C)C)C(=O)C=Cc1ccc(F)cc1OCc1ccccc1. The highest BCUT2D eigenvalue weighted by Gasteiger charge is 2.39. The minimum atomic E-state index is -2.04. The smallest absolute Gasteiger partial charge is 0.193 e. The number of ether oxygens (including phenoxy) is 1. The van der Waals surface area contributed by atoms with E-state index < -0.39 is 14.4 Å². The highest BCUT2D eigenvalue weighted by Crippen LogP contribution is 2.37. The lowest BCUT2D eigenvalue weighted by Crippen LogP contribution is -2.44. The van der Waals surface area contributed by atoms with E-state index in [0.29, 0.717) is 17.9 Å². The van der Waals surface area contributed by atoms with E-state index in [1.54, 1.807) is 19.1 Å². The van der Waals surface area contributed by atoms with Crippen molar-refractivity contribution in [3.63, 3.8) is 0 Å². The van der Waals surface area contributed by atoms with E-state index >= 15 is 0 Å². The summed E-state index contributed by atoms with van der Waals surface area (Å²) >= 11 is 0. The molecule has 156 valence electrons. The van der Waals surface area contributed by atoms with Gasteiger partial charge in [-0.1, -0.05) is 51.1 Å². The van der Waals surface area contributed by atoms with E-state index in [9.17, 15) is 9.18 Å². The molecule has 0 spiro atoms. The van der Waals surface area contributed by atoms with Crippen molar-refractivity contribution in [1.82, 2.24) is 0 Å². The van der Waals surface area contributed by atoms with Crippen molar-refractivity contribution < 1.29 is 18.3 Å². The summed E-state index contributed by atoms with van der Waals surface area (Å²) in [5, 5.41) is 0.0284. The van der Waals surface area contributed by atoms with Crippen LogP contribution in [0.15, 0.2) is 54.6 Å². The van der Waals surface area contributed by atoms with E-state index in [4.69, 9.17) is 9.16 Å². The second-order valence-electron chi connectivity index (χ2n) is 8.71. The largest absolute Gasteiger partial charge is 0.488 e. The van der Waals surface area contributed by atoms with E-state index in [2.05, 4.69) is 33.9 Å². The van der Waals surface area contributed by atoms with Crippen LogP contribution in [-0.2, 0) is 15.8 Å². The van der Waals surface area contributed by atoms with Crippen LogP contribution in [0, 0.1) is 5.82 Å². The van der Waals surface area contributed by atoms with Crippen LogP contribution < -0.4 is 4.74 Å². The third-order valence-electron chi connectivity index (χ3n) is 5.32. The summed E-state index contributed by atoms with van der Waals surface area (Å²) in [5.41, 5.74) is 1.63. The zero-order valence-corrected chi connectivity index (χ0v) is 19.2. The maximum atomic E-state index is 13.7. The molecule has 2 aromatic carbocycles. The molecule has 0 saturated heterocycles. The number of ketones is 1. The van der Waals surface area contributed by atoms with Gasteiger partial charge in [0.15, 0.2) is 14.1 Å². The minimum absolute atomic E-state index is 0.0284. The van der Waals surface area contributed by atoms with Crippen LogP contribution in [-0.4, -0.2) is 20.2 Å². The van der Waals surface area contributed by atoms with Gasteiger partial charge in [0.05, 0.1) is 0 Å². The first-order valence-electron chi connectivity index (χ1n) is 9.85. The Morgan fingerprint density at radius 2 is 1.79 bits per heavy atom. The van der Waals surface area contributed by atoms with Crippen LogP contribution in [0.4, 0.5) is 4.39 Å². The van der Waals surface area contributed by atoms with Crippen LogP contribution in [0.25, 0.3) is 6.08 Å². The van der Waals surface area contributed by atoms with Gasteiger partial charge in [-0.25, -0.2) is 4.39 Å². The summed E-state index contributed by atoms with van der Waals surface area (Å²) in [6.07, 6.45) is 2.62. The van der Waals surface area contributed by atoms with E-state index in [1.807, 2.05) is 30.3 Å². The molecule has 0 amide bonds. The molecule has 0 radical (unpaired) electrons. The summed E-state index contributed by atoms with van der Waals surface area (Å²) in [5.74, 6) is -0.102. The third-order valence-corrected chi connectivity index (χ3v) is 9.87. The number of hydrogen-bond donors (Lipinski definition) is 0. The van der Waals surface area contributed by atoms with Gasteiger partial charge in [0.1, 0.15) is 24.3 Å². The Morgan fingerprint density at radius 1 is 1.14 bits per heavy atom. The zero-order chi connectivity index (χ0) is 21.7. The molecule has 0 heterocycles. The van der Waals surface area contributed by atoms with Crippen molar-refractivity contribution >= 4 is 20.2 Å². The molecule has 0 aliphatic rings. The number of benzene rings is 2. The lowest BCUT2D eigenvalue weighted by molar-refractivity contribution is -0.120. The monoisotopic (exact) mass is 414 g/mol. The van der Waals surface area contributed by atoms with Crippen molar-refractivity contribution in [2.45, 2.75) is 58.5 Å². The molecular formula is C24H31FO3Si. The van der Waals surface area contributed by atoms with Crippen LogP contribution in [0.3, 0.4) is 0 Å². The topological polar surface area (TPSA) is 35.5 Å². The highest BCUT2D eigenvalue weighted by atomic mass is 28.4. The van der Waals surface area contributed by atoms with Gasteiger partial charge in [-0.2, -0.15) is 0 Å². The molecule has 0 fully saturated rings. The Bertz CT molecular complexity index is 854. The number of carbonyl (C=O) groups is 1. The van der Waals surface area contributed by atoms with Gasteiger partial charge in [-0.05, 0) is 54.9 Å². The van der Waals surface area contributed by atoms with Gasteiger partial charge < -0.3 is 9.16 Å².